The minimum Gasteiger partial charge on any atom is -0.481 e. The van der Waals surface area contributed by atoms with E-state index >= 15 is 0 Å². The number of carbonyl (C=O) groups is 1. The van der Waals surface area contributed by atoms with Gasteiger partial charge in [0.1, 0.15) is 5.82 Å². The van der Waals surface area contributed by atoms with Crippen LogP contribution in [0.5, 0.6) is 0 Å². The highest BCUT2D eigenvalue weighted by atomic mass is 19.1. The van der Waals surface area contributed by atoms with Crippen LogP contribution in [0.25, 0.3) is 0 Å². The first-order chi connectivity index (χ1) is 12.4. The maximum Gasteiger partial charge on any atom is 0.310 e. The molecule has 0 radical (unpaired) electrons. The number of piperidine rings is 2. The number of halogens is 1. The van der Waals surface area contributed by atoms with Crippen LogP contribution in [0, 0.1) is 11.7 Å². The van der Waals surface area contributed by atoms with Crippen molar-refractivity contribution in [1.29, 1.82) is 0 Å². The lowest BCUT2D eigenvalue weighted by molar-refractivity contribution is -0.138. The molecule has 0 aliphatic carbocycles. The molecule has 1 aromatic carbocycles. The second-order valence-corrected chi connectivity index (χ2v) is 7.41. The van der Waals surface area contributed by atoms with Crippen molar-refractivity contribution >= 4 is 5.97 Å². The predicted molar refractivity (Wildman–Crippen MR) is 105 cm³/mol. The number of rotatable bonds is 2. The Balaban J connectivity index is 0.000000208. The molecule has 1 unspecified atom stereocenters. The average Bonchev–Trinajstić information content (AvgIpc) is 2.66. The standard InChI is InChI=1S/C9H9FO2.C7H15N.C5H11N/c1-6(9(11)12)7-2-4-8(10)5-3-7;1-7-3-5-8(2)6-4-7;1-2-4-6-5-3-1/h2-6H,1H3,(H,11,12);7H,3-6H2,1-2H3;6H,1-5H2. The molecule has 4 nitrogen and oxygen atoms in total. The Labute approximate surface area is 157 Å². The first kappa shape index (κ1) is 22.6. The molecule has 0 bridgehead atoms. The van der Waals surface area contributed by atoms with Gasteiger partial charge in [-0.15, -0.1) is 0 Å². The molecule has 0 spiro atoms. The van der Waals surface area contributed by atoms with Gasteiger partial charge in [-0.2, -0.15) is 0 Å². The number of likely N-dealkylation sites (tertiary alicyclic amines) is 1. The Morgan fingerprint density at radius 1 is 1.15 bits per heavy atom. The molecule has 1 atom stereocenters. The molecule has 3 rings (SSSR count). The summed E-state index contributed by atoms with van der Waals surface area (Å²) in [4.78, 5) is 12.9. The molecule has 0 aromatic heterocycles. The summed E-state index contributed by atoms with van der Waals surface area (Å²) < 4.78 is 12.4. The van der Waals surface area contributed by atoms with Crippen LogP contribution >= 0.6 is 0 Å². The summed E-state index contributed by atoms with van der Waals surface area (Å²) in [6, 6.07) is 5.48. The van der Waals surface area contributed by atoms with Gasteiger partial charge >= 0.3 is 5.97 Å². The SMILES string of the molecule is C1CCNCC1.CC(C(=O)O)c1ccc(F)cc1.CC1CCN(C)CC1. The van der Waals surface area contributed by atoms with Gasteiger partial charge in [-0.25, -0.2) is 4.39 Å². The summed E-state index contributed by atoms with van der Waals surface area (Å²) in [5.41, 5.74) is 0.615. The fraction of sp³-hybridized carbons (Fsp3) is 0.667. The minimum atomic E-state index is -0.901. The molecule has 2 heterocycles. The lowest BCUT2D eigenvalue weighted by Crippen LogP contribution is -2.28. The van der Waals surface area contributed by atoms with Gasteiger partial charge in [-0.3, -0.25) is 4.79 Å². The normalized spacial score (nSPS) is 19.4. The van der Waals surface area contributed by atoms with Crippen LogP contribution in [-0.2, 0) is 4.79 Å². The van der Waals surface area contributed by atoms with E-state index in [1.54, 1.807) is 6.92 Å². The Morgan fingerprint density at radius 3 is 2.04 bits per heavy atom. The van der Waals surface area contributed by atoms with Crippen LogP contribution in [0.1, 0.15) is 57.4 Å². The average molecular weight is 367 g/mol. The highest BCUT2D eigenvalue weighted by Crippen LogP contribution is 2.15. The number of nitrogens with zero attached hydrogens (tertiary/aromatic N) is 1. The molecule has 0 saturated carbocycles. The Morgan fingerprint density at radius 2 is 1.69 bits per heavy atom. The van der Waals surface area contributed by atoms with Crippen molar-refractivity contribution in [2.45, 2.75) is 51.9 Å². The summed E-state index contributed by atoms with van der Waals surface area (Å²) in [5, 5.41) is 11.9. The summed E-state index contributed by atoms with van der Waals surface area (Å²) in [7, 11) is 2.20. The second-order valence-electron chi connectivity index (χ2n) is 7.41. The molecule has 0 amide bonds. The Kier molecular flexibility index (Phi) is 11.1. The van der Waals surface area contributed by atoms with Gasteiger partial charge in [0.15, 0.2) is 0 Å². The van der Waals surface area contributed by atoms with Gasteiger partial charge in [0.05, 0.1) is 5.92 Å². The van der Waals surface area contributed by atoms with Crippen molar-refractivity contribution in [3.05, 3.63) is 35.6 Å². The van der Waals surface area contributed by atoms with Crippen molar-refractivity contribution in [3.63, 3.8) is 0 Å². The molecule has 2 aliphatic heterocycles. The van der Waals surface area contributed by atoms with Gasteiger partial charge in [0.2, 0.25) is 0 Å². The van der Waals surface area contributed by atoms with E-state index in [4.69, 9.17) is 5.11 Å². The Hall–Kier alpha value is -1.46. The first-order valence-corrected chi connectivity index (χ1v) is 9.77. The molecular weight excluding hydrogens is 331 g/mol. The molecule has 26 heavy (non-hydrogen) atoms. The molecular formula is C21H35FN2O2. The van der Waals surface area contributed by atoms with Crippen molar-refractivity contribution < 1.29 is 14.3 Å². The van der Waals surface area contributed by atoms with Crippen LogP contribution in [-0.4, -0.2) is 49.2 Å². The zero-order valence-electron chi connectivity index (χ0n) is 16.5. The van der Waals surface area contributed by atoms with Crippen LogP contribution < -0.4 is 5.32 Å². The quantitative estimate of drug-likeness (QED) is 0.827. The van der Waals surface area contributed by atoms with E-state index in [1.165, 1.54) is 82.5 Å². The lowest BCUT2D eigenvalue weighted by atomic mass is 10.00. The summed E-state index contributed by atoms with van der Waals surface area (Å²) >= 11 is 0. The zero-order valence-corrected chi connectivity index (χ0v) is 16.5. The molecule has 2 fully saturated rings. The number of aliphatic carboxylic acids is 1. The third-order valence-electron chi connectivity index (χ3n) is 4.95. The first-order valence-electron chi connectivity index (χ1n) is 9.77. The van der Waals surface area contributed by atoms with Gasteiger partial charge in [-0.05, 0) is 89.4 Å². The smallest absolute Gasteiger partial charge is 0.310 e. The van der Waals surface area contributed by atoms with Crippen LogP contribution in [0.2, 0.25) is 0 Å². The van der Waals surface area contributed by atoms with Gasteiger partial charge in [0, 0.05) is 0 Å². The lowest BCUT2D eigenvalue weighted by Gasteiger charge is -2.26. The third kappa shape index (κ3) is 9.88. The van der Waals surface area contributed by atoms with E-state index < -0.39 is 11.9 Å². The van der Waals surface area contributed by atoms with E-state index in [0.29, 0.717) is 5.56 Å². The number of hydrogen-bond acceptors (Lipinski definition) is 3. The fourth-order valence-electron chi connectivity index (χ4n) is 2.83. The zero-order chi connectivity index (χ0) is 19.4. The van der Waals surface area contributed by atoms with Crippen LogP contribution in [0.4, 0.5) is 4.39 Å². The third-order valence-corrected chi connectivity index (χ3v) is 4.95. The summed E-state index contributed by atoms with van der Waals surface area (Å²) in [6.45, 7) is 9.02. The fourth-order valence-corrected chi connectivity index (χ4v) is 2.83. The number of carboxylic acids is 1. The monoisotopic (exact) mass is 366 g/mol. The Bertz CT molecular complexity index is 474. The molecule has 5 heteroatoms. The van der Waals surface area contributed by atoms with Crippen molar-refractivity contribution in [3.8, 4) is 0 Å². The maximum atomic E-state index is 12.4. The van der Waals surface area contributed by atoms with E-state index in [0.717, 1.165) is 5.92 Å². The molecule has 2 aliphatic rings. The van der Waals surface area contributed by atoms with Gasteiger partial charge in [0.25, 0.3) is 0 Å². The molecule has 1 aromatic rings. The van der Waals surface area contributed by atoms with E-state index in [1.807, 2.05) is 0 Å². The number of carboxylic acid groups (broad SMARTS) is 1. The largest absolute Gasteiger partial charge is 0.481 e. The predicted octanol–water partition coefficient (Wildman–Crippen LogP) is 4.12. The second kappa shape index (κ2) is 12.8. The summed E-state index contributed by atoms with van der Waals surface area (Å²) in [6.07, 6.45) is 7.01. The van der Waals surface area contributed by atoms with E-state index in [-0.39, 0.29) is 5.82 Å². The molecule has 2 N–H and O–H groups in total. The maximum absolute atomic E-state index is 12.4. The van der Waals surface area contributed by atoms with Crippen LogP contribution in [0.3, 0.4) is 0 Å². The van der Waals surface area contributed by atoms with Crippen molar-refractivity contribution in [2.24, 2.45) is 5.92 Å². The number of hydrogen-bond donors (Lipinski definition) is 2. The van der Waals surface area contributed by atoms with Crippen molar-refractivity contribution in [1.82, 2.24) is 10.2 Å². The van der Waals surface area contributed by atoms with Gasteiger partial charge in [-0.1, -0.05) is 25.5 Å². The molecule has 2 saturated heterocycles. The molecule has 148 valence electrons. The van der Waals surface area contributed by atoms with Crippen molar-refractivity contribution in [2.75, 3.05) is 33.2 Å². The van der Waals surface area contributed by atoms with Crippen LogP contribution in [0.15, 0.2) is 24.3 Å². The van der Waals surface area contributed by atoms with E-state index in [9.17, 15) is 9.18 Å². The summed E-state index contributed by atoms with van der Waals surface area (Å²) in [5.74, 6) is -0.852. The number of nitrogens with one attached hydrogen (secondary N) is 1. The minimum absolute atomic E-state index is 0.351. The van der Waals surface area contributed by atoms with E-state index in [2.05, 4.69) is 24.2 Å². The number of benzene rings is 1. The highest BCUT2D eigenvalue weighted by molar-refractivity contribution is 5.75. The topological polar surface area (TPSA) is 52.6 Å². The van der Waals surface area contributed by atoms with Gasteiger partial charge < -0.3 is 15.3 Å². The highest BCUT2D eigenvalue weighted by Gasteiger charge is 2.12.